The highest BCUT2D eigenvalue weighted by Gasteiger charge is 2.17. The molecule has 0 aliphatic carbocycles. The maximum atomic E-state index is 12.3. The van der Waals surface area contributed by atoms with Crippen molar-refractivity contribution in [2.24, 2.45) is 0 Å². The van der Waals surface area contributed by atoms with Crippen LogP contribution in [0.4, 0.5) is 0 Å². The Labute approximate surface area is 312 Å². The molecule has 0 fully saturated rings. The molecular formula is C46H87NO3. The average molecular weight is 702 g/mol. The first-order chi connectivity index (χ1) is 24.7. The van der Waals surface area contributed by atoms with Gasteiger partial charge in [-0.25, -0.2) is 0 Å². The molecule has 0 aromatic carbocycles. The number of hydrogen-bond donors (Lipinski definition) is 3. The summed E-state index contributed by atoms with van der Waals surface area (Å²) >= 11 is 0. The second-order valence-corrected chi connectivity index (χ2v) is 15.1. The molecule has 2 unspecified atom stereocenters. The zero-order chi connectivity index (χ0) is 36.4. The monoisotopic (exact) mass is 702 g/mol. The smallest absolute Gasteiger partial charge is 0.220 e. The standard InChI is InChI=1S/C46H87NO3/c1-3-5-7-9-11-13-15-17-18-19-20-21-22-23-24-25-26-27-28-30-31-33-35-37-39-41-45(49)44(43-48)47-46(50)42-40-38-36-34-32-29-16-14-12-10-8-6-4-2/h14,16,31,33,39,41,44-45,48-49H,3-13,15,17-30,32,34-38,40,42-43H2,1-2H3,(H,47,50)/b16-14-,33-31+,41-39+. The summed E-state index contributed by atoms with van der Waals surface area (Å²) in [5, 5.41) is 23.0. The Balaban J connectivity index is 3.57. The predicted molar refractivity (Wildman–Crippen MR) is 221 cm³/mol. The molecule has 2 atom stereocenters. The zero-order valence-corrected chi connectivity index (χ0v) is 33.7. The van der Waals surface area contributed by atoms with Crippen molar-refractivity contribution in [1.82, 2.24) is 5.32 Å². The van der Waals surface area contributed by atoms with Crippen LogP contribution in [0.5, 0.6) is 0 Å². The second kappa shape index (κ2) is 42.0. The highest BCUT2D eigenvalue weighted by molar-refractivity contribution is 5.76. The molecule has 0 heterocycles. The summed E-state index contributed by atoms with van der Waals surface area (Å²) in [6.45, 7) is 4.28. The van der Waals surface area contributed by atoms with Gasteiger partial charge in [0.15, 0.2) is 0 Å². The largest absolute Gasteiger partial charge is 0.394 e. The van der Waals surface area contributed by atoms with Crippen molar-refractivity contribution < 1.29 is 15.0 Å². The number of unbranched alkanes of at least 4 members (excludes halogenated alkanes) is 29. The number of aliphatic hydroxyl groups is 2. The summed E-state index contributed by atoms with van der Waals surface area (Å²) in [5.74, 6) is -0.0831. The highest BCUT2D eigenvalue weighted by Crippen LogP contribution is 2.15. The molecule has 0 bridgehead atoms. The van der Waals surface area contributed by atoms with E-state index in [0.717, 1.165) is 44.9 Å². The molecular weight excluding hydrogens is 615 g/mol. The van der Waals surface area contributed by atoms with Crippen LogP contribution in [0.15, 0.2) is 36.5 Å². The molecule has 0 rings (SSSR count). The molecule has 4 heteroatoms. The fourth-order valence-electron chi connectivity index (χ4n) is 6.66. The van der Waals surface area contributed by atoms with Crippen molar-refractivity contribution in [2.45, 2.75) is 244 Å². The van der Waals surface area contributed by atoms with Gasteiger partial charge in [0, 0.05) is 6.42 Å². The topological polar surface area (TPSA) is 69.6 Å². The molecule has 4 nitrogen and oxygen atoms in total. The SMILES string of the molecule is CCCCCC/C=C\CCCCCCCC(=O)NC(CO)C(O)/C=C/CC/C=C/CCCCCCCCCCCCCCCCCCCCC. The van der Waals surface area contributed by atoms with Gasteiger partial charge >= 0.3 is 0 Å². The molecule has 0 aromatic heterocycles. The minimum atomic E-state index is -0.864. The number of aliphatic hydroxyl groups excluding tert-OH is 2. The first-order valence-electron chi connectivity index (χ1n) is 22.2. The van der Waals surface area contributed by atoms with Crippen molar-refractivity contribution in [3.05, 3.63) is 36.5 Å². The quantitative estimate of drug-likeness (QED) is 0.0440. The van der Waals surface area contributed by atoms with Crippen LogP contribution in [0, 0.1) is 0 Å². The van der Waals surface area contributed by atoms with Crippen LogP contribution in [0.25, 0.3) is 0 Å². The van der Waals surface area contributed by atoms with Crippen LogP contribution in [-0.4, -0.2) is 34.9 Å². The molecule has 0 radical (unpaired) electrons. The molecule has 50 heavy (non-hydrogen) atoms. The van der Waals surface area contributed by atoms with E-state index in [9.17, 15) is 15.0 Å². The molecule has 0 aromatic rings. The molecule has 0 spiro atoms. The minimum absolute atomic E-state index is 0.0831. The van der Waals surface area contributed by atoms with E-state index in [0.29, 0.717) is 6.42 Å². The predicted octanol–water partition coefficient (Wildman–Crippen LogP) is 13.8. The first-order valence-corrected chi connectivity index (χ1v) is 22.2. The molecule has 0 saturated heterocycles. The summed E-state index contributed by atoms with van der Waals surface area (Å²) in [7, 11) is 0. The minimum Gasteiger partial charge on any atom is -0.394 e. The molecule has 0 aliphatic heterocycles. The maximum Gasteiger partial charge on any atom is 0.220 e. The van der Waals surface area contributed by atoms with Crippen molar-refractivity contribution in [3.63, 3.8) is 0 Å². The Morgan fingerprint density at radius 2 is 0.780 bits per heavy atom. The number of allylic oxidation sites excluding steroid dienone is 5. The third kappa shape index (κ3) is 37.9. The van der Waals surface area contributed by atoms with E-state index in [1.54, 1.807) is 6.08 Å². The normalized spacial score (nSPS) is 13.3. The molecule has 294 valence electrons. The van der Waals surface area contributed by atoms with Crippen molar-refractivity contribution in [2.75, 3.05) is 6.61 Å². The van der Waals surface area contributed by atoms with Gasteiger partial charge in [-0.15, -0.1) is 0 Å². The van der Waals surface area contributed by atoms with Gasteiger partial charge in [-0.1, -0.05) is 204 Å². The van der Waals surface area contributed by atoms with Crippen LogP contribution in [0.1, 0.15) is 232 Å². The lowest BCUT2D eigenvalue weighted by atomic mass is 10.0. The van der Waals surface area contributed by atoms with E-state index in [-0.39, 0.29) is 12.5 Å². The van der Waals surface area contributed by atoms with E-state index < -0.39 is 12.1 Å². The van der Waals surface area contributed by atoms with Gasteiger partial charge in [0.1, 0.15) is 0 Å². The average Bonchev–Trinajstić information content (AvgIpc) is 3.12. The van der Waals surface area contributed by atoms with Crippen LogP contribution in [0.2, 0.25) is 0 Å². The second-order valence-electron chi connectivity index (χ2n) is 15.1. The molecule has 3 N–H and O–H groups in total. The van der Waals surface area contributed by atoms with Crippen LogP contribution in [0.3, 0.4) is 0 Å². The number of hydrogen-bond acceptors (Lipinski definition) is 3. The Hall–Kier alpha value is -1.39. The van der Waals surface area contributed by atoms with Gasteiger partial charge in [-0.3, -0.25) is 4.79 Å². The summed E-state index contributed by atoms with van der Waals surface area (Å²) in [6, 6.07) is -0.641. The van der Waals surface area contributed by atoms with Crippen LogP contribution >= 0.6 is 0 Å². The molecule has 0 aliphatic rings. The van der Waals surface area contributed by atoms with Crippen molar-refractivity contribution >= 4 is 5.91 Å². The lowest BCUT2D eigenvalue weighted by molar-refractivity contribution is -0.123. The summed E-state index contributed by atoms with van der Waals surface area (Å²) in [5.41, 5.74) is 0. The maximum absolute atomic E-state index is 12.3. The van der Waals surface area contributed by atoms with Gasteiger partial charge < -0.3 is 15.5 Å². The number of rotatable bonds is 40. The highest BCUT2D eigenvalue weighted by atomic mass is 16.3. The van der Waals surface area contributed by atoms with Gasteiger partial charge in [0.05, 0.1) is 18.8 Å². The van der Waals surface area contributed by atoms with Crippen molar-refractivity contribution in [3.8, 4) is 0 Å². The zero-order valence-electron chi connectivity index (χ0n) is 33.7. The van der Waals surface area contributed by atoms with E-state index in [4.69, 9.17) is 0 Å². The summed E-state index contributed by atoms with van der Waals surface area (Å²) < 4.78 is 0. The van der Waals surface area contributed by atoms with Crippen LogP contribution < -0.4 is 5.32 Å². The van der Waals surface area contributed by atoms with Crippen LogP contribution in [-0.2, 0) is 4.79 Å². The summed E-state index contributed by atoms with van der Waals surface area (Å²) in [6.07, 6.45) is 55.5. The Morgan fingerprint density at radius 1 is 0.460 bits per heavy atom. The van der Waals surface area contributed by atoms with Gasteiger partial charge in [-0.2, -0.15) is 0 Å². The Morgan fingerprint density at radius 3 is 1.18 bits per heavy atom. The molecule has 1 amide bonds. The lowest BCUT2D eigenvalue weighted by Crippen LogP contribution is -2.45. The lowest BCUT2D eigenvalue weighted by Gasteiger charge is -2.19. The third-order valence-electron chi connectivity index (χ3n) is 10.1. The fourth-order valence-corrected chi connectivity index (χ4v) is 6.66. The van der Waals surface area contributed by atoms with E-state index in [1.807, 2.05) is 6.08 Å². The van der Waals surface area contributed by atoms with E-state index in [1.165, 1.54) is 167 Å². The fraction of sp³-hybridized carbons (Fsp3) is 0.848. The van der Waals surface area contributed by atoms with Gasteiger partial charge in [-0.05, 0) is 57.8 Å². The Bertz CT molecular complexity index is 760. The Kier molecular flexibility index (Phi) is 40.9. The summed E-state index contributed by atoms with van der Waals surface area (Å²) in [4.78, 5) is 12.3. The van der Waals surface area contributed by atoms with Gasteiger partial charge in [0.25, 0.3) is 0 Å². The van der Waals surface area contributed by atoms with Crippen molar-refractivity contribution in [1.29, 1.82) is 0 Å². The first kappa shape index (κ1) is 48.6. The number of nitrogens with one attached hydrogen (secondary N) is 1. The number of carbonyl (C=O) groups excluding carboxylic acids is 1. The van der Waals surface area contributed by atoms with Gasteiger partial charge in [0.2, 0.25) is 5.91 Å². The number of amides is 1. The molecule has 0 saturated carbocycles. The van der Waals surface area contributed by atoms with E-state index in [2.05, 4.69) is 43.5 Å². The van der Waals surface area contributed by atoms with E-state index >= 15 is 0 Å². The number of carbonyl (C=O) groups is 1. The third-order valence-corrected chi connectivity index (χ3v) is 10.1.